The van der Waals surface area contributed by atoms with Crippen LogP contribution in [0.3, 0.4) is 0 Å². The number of phenols is 1. The van der Waals surface area contributed by atoms with Gasteiger partial charge in [0, 0.05) is 6.07 Å². The maximum Gasteiger partial charge on any atom is 0.117 e. The first-order valence-electron chi connectivity index (χ1n) is 5.08. The molecule has 3 N–H and O–H groups in total. The maximum absolute atomic E-state index is 10.0. The van der Waals surface area contributed by atoms with E-state index >= 15 is 0 Å². The summed E-state index contributed by atoms with van der Waals surface area (Å²) in [5.74, 6) is 0.0237. The molecule has 0 bridgehead atoms. The molecule has 3 rings (SSSR count). The van der Waals surface area contributed by atoms with E-state index in [0.717, 1.165) is 10.1 Å². The number of phenolic OH excluding ortho intramolecular Hbond substituents is 1. The van der Waals surface area contributed by atoms with E-state index in [1.165, 1.54) is 18.2 Å². The zero-order valence-corrected chi connectivity index (χ0v) is 8.78. The number of aromatic hydroxyl groups is 1. The Balaban J connectivity index is 2.25. The molecular formula is C12H10N2O3. The summed E-state index contributed by atoms with van der Waals surface area (Å²) in [6, 6.07) is 11.2. The van der Waals surface area contributed by atoms with Crippen molar-refractivity contribution in [3.8, 4) is 5.75 Å². The molecule has 2 aromatic rings. The van der Waals surface area contributed by atoms with Crippen LogP contribution in [0.15, 0.2) is 42.5 Å². The van der Waals surface area contributed by atoms with Crippen molar-refractivity contribution in [3.05, 3.63) is 42.5 Å². The maximum atomic E-state index is 10.0. The van der Waals surface area contributed by atoms with Crippen LogP contribution >= 0.6 is 0 Å². The average molecular weight is 230 g/mol. The van der Waals surface area contributed by atoms with Crippen molar-refractivity contribution in [2.45, 2.75) is 0 Å². The summed E-state index contributed by atoms with van der Waals surface area (Å²) in [6.07, 6.45) is 0. The second-order valence-corrected chi connectivity index (χ2v) is 3.79. The Bertz CT molecular complexity index is 586. The minimum absolute atomic E-state index is 0.0237. The molecule has 2 aromatic carbocycles. The molecule has 86 valence electrons. The van der Waals surface area contributed by atoms with Gasteiger partial charge < -0.3 is 5.11 Å². The van der Waals surface area contributed by atoms with Gasteiger partial charge >= 0.3 is 0 Å². The molecule has 0 radical (unpaired) electrons. The molecule has 17 heavy (non-hydrogen) atoms. The Morgan fingerprint density at radius 3 is 1.88 bits per heavy atom. The summed E-state index contributed by atoms with van der Waals surface area (Å²) in [5.41, 5.74) is 1.66. The molecule has 0 saturated carbocycles. The normalized spacial score (nSPS) is 13.3. The van der Waals surface area contributed by atoms with Crippen molar-refractivity contribution in [3.63, 3.8) is 0 Å². The van der Waals surface area contributed by atoms with E-state index in [1.807, 2.05) is 0 Å². The zero-order chi connectivity index (χ0) is 12.0. The molecule has 0 unspecified atom stereocenters. The fourth-order valence-corrected chi connectivity index (χ4v) is 1.94. The van der Waals surface area contributed by atoms with Crippen LogP contribution in [0.1, 0.15) is 0 Å². The van der Waals surface area contributed by atoms with Gasteiger partial charge in [-0.25, -0.2) is 10.1 Å². The summed E-state index contributed by atoms with van der Waals surface area (Å²) in [4.78, 5) is 0. The van der Waals surface area contributed by atoms with Gasteiger partial charge in [-0.05, 0) is 24.3 Å². The van der Waals surface area contributed by atoms with E-state index in [2.05, 4.69) is 0 Å². The van der Waals surface area contributed by atoms with E-state index in [1.54, 1.807) is 24.3 Å². The van der Waals surface area contributed by atoms with Crippen molar-refractivity contribution in [1.82, 2.24) is 0 Å². The van der Waals surface area contributed by atoms with Gasteiger partial charge in [0.05, 0.1) is 22.7 Å². The number of benzene rings is 2. The number of rotatable bonds is 0. The van der Waals surface area contributed by atoms with Crippen molar-refractivity contribution < 1.29 is 15.5 Å². The van der Waals surface area contributed by atoms with E-state index in [9.17, 15) is 15.5 Å². The van der Waals surface area contributed by atoms with Crippen molar-refractivity contribution in [2.24, 2.45) is 0 Å². The Labute approximate surface area is 97.3 Å². The SMILES string of the molecule is Oc1ccc2c(c1)N(O)c1ccccc1N2O. The van der Waals surface area contributed by atoms with Gasteiger partial charge in [0.15, 0.2) is 0 Å². The molecule has 0 saturated heterocycles. The summed E-state index contributed by atoms with van der Waals surface area (Å²) in [6.45, 7) is 0. The Morgan fingerprint density at radius 1 is 0.706 bits per heavy atom. The van der Waals surface area contributed by atoms with Gasteiger partial charge in [0.25, 0.3) is 0 Å². The molecule has 0 amide bonds. The fourth-order valence-electron chi connectivity index (χ4n) is 1.94. The average Bonchev–Trinajstić information content (AvgIpc) is 2.36. The fraction of sp³-hybridized carbons (Fsp3) is 0. The predicted molar refractivity (Wildman–Crippen MR) is 62.4 cm³/mol. The van der Waals surface area contributed by atoms with E-state index in [4.69, 9.17) is 0 Å². The summed E-state index contributed by atoms with van der Waals surface area (Å²) in [7, 11) is 0. The number of hydrogen-bond acceptors (Lipinski definition) is 5. The first kappa shape index (κ1) is 9.95. The Morgan fingerprint density at radius 2 is 1.24 bits per heavy atom. The third-order valence-electron chi connectivity index (χ3n) is 2.75. The highest BCUT2D eigenvalue weighted by Gasteiger charge is 2.26. The molecule has 0 aromatic heterocycles. The lowest BCUT2D eigenvalue weighted by Crippen LogP contribution is -2.24. The monoisotopic (exact) mass is 230 g/mol. The summed E-state index contributed by atoms with van der Waals surface area (Å²) in [5, 5.41) is 31.4. The number of hydrogen-bond donors (Lipinski definition) is 3. The number of fused-ring (bicyclic) bond motifs is 2. The smallest absolute Gasteiger partial charge is 0.117 e. The zero-order valence-electron chi connectivity index (χ0n) is 8.78. The van der Waals surface area contributed by atoms with Gasteiger partial charge in [-0.3, -0.25) is 10.4 Å². The molecule has 1 aliphatic heterocycles. The van der Waals surface area contributed by atoms with Gasteiger partial charge in [0.2, 0.25) is 0 Å². The van der Waals surface area contributed by atoms with Crippen LogP contribution in [0.2, 0.25) is 0 Å². The van der Waals surface area contributed by atoms with Gasteiger partial charge in [0.1, 0.15) is 5.75 Å². The molecule has 1 heterocycles. The summed E-state index contributed by atoms with van der Waals surface area (Å²) >= 11 is 0. The topological polar surface area (TPSA) is 67.2 Å². The Kier molecular flexibility index (Phi) is 1.98. The number of anilines is 4. The molecule has 0 aliphatic carbocycles. The number of nitrogens with zero attached hydrogens (tertiary/aromatic N) is 2. The van der Waals surface area contributed by atoms with Crippen molar-refractivity contribution >= 4 is 22.7 Å². The first-order chi connectivity index (χ1) is 8.18. The van der Waals surface area contributed by atoms with E-state index in [-0.39, 0.29) is 5.75 Å². The van der Waals surface area contributed by atoms with Crippen molar-refractivity contribution in [2.75, 3.05) is 10.1 Å². The molecule has 5 nitrogen and oxygen atoms in total. The molecule has 0 fully saturated rings. The quantitative estimate of drug-likeness (QED) is 0.649. The molecular weight excluding hydrogens is 220 g/mol. The molecule has 5 heteroatoms. The Hall–Kier alpha value is -2.24. The van der Waals surface area contributed by atoms with Crippen LogP contribution in [0.4, 0.5) is 22.7 Å². The highest BCUT2D eigenvalue weighted by atomic mass is 16.5. The second kappa shape index (κ2) is 3.38. The standard InChI is InChI=1S/C12H10N2O3/c15-8-5-6-11-12(7-8)14(17)10-4-2-1-3-9(10)13(11)16/h1-7,15-17H. The lowest BCUT2D eigenvalue weighted by molar-refractivity contribution is 0.273. The minimum Gasteiger partial charge on any atom is -0.508 e. The predicted octanol–water partition coefficient (Wildman–Crippen LogP) is 2.76. The van der Waals surface area contributed by atoms with E-state index in [0.29, 0.717) is 22.7 Å². The lowest BCUT2D eigenvalue weighted by atomic mass is 10.1. The largest absolute Gasteiger partial charge is 0.508 e. The van der Waals surface area contributed by atoms with Gasteiger partial charge in [-0.1, -0.05) is 12.1 Å². The van der Waals surface area contributed by atoms with Crippen LogP contribution < -0.4 is 10.1 Å². The lowest BCUT2D eigenvalue weighted by Gasteiger charge is -2.32. The summed E-state index contributed by atoms with van der Waals surface area (Å²) < 4.78 is 0. The van der Waals surface area contributed by atoms with Crippen LogP contribution in [0.25, 0.3) is 0 Å². The third-order valence-corrected chi connectivity index (χ3v) is 2.75. The van der Waals surface area contributed by atoms with Crippen LogP contribution in [0, 0.1) is 0 Å². The van der Waals surface area contributed by atoms with Crippen LogP contribution in [-0.2, 0) is 0 Å². The van der Waals surface area contributed by atoms with Crippen LogP contribution in [0.5, 0.6) is 5.75 Å². The second-order valence-electron chi connectivity index (χ2n) is 3.79. The van der Waals surface area contributed by atoms with Crippen molar-refractivity contribution in [1.29, 1.82) is 0 Å². The number of para-hydroxylation sites is 2. The first-order valence-corrected chi connectivity index (χ1v) is 5.08. The highest BCUT2D eigenvalue weighted by Crippen LogP contribution is 2.46. The van der Waals surface area contributed by atoms with Crippen LogP contribution in [-0.4, -0.2) is 15.5 Å². The third kappa shape index (κ3) is 1.33. The van der Waals surface area contributed by atoms with E-state index < -0.39 is 0 Å². The van der Waals surface area contributed by atoms with Gasteiger partial charge in [-0.15, -0.1) is 0 Å². The molecule has 0 spiro atoms. The highest BCUT2D eigenvalue weighted by molar-refractivity contribution is 5.90. The molecule has 0 atom stereocenters. The molecule has 1 aliphatic rings. The minimum atomic E-state index is 0.0237. The van der Waals surface area contributed by atoms with Gasteiger partial charge in [-0.2, -0.15) is 0 Å².